The third-order valence-corrected chi connectivity index (χ3v) is 2.84. The van der Waals surface area contributed by atoms with Crippen LogP contribution in [0.15, 0.2) is 30.9 Å². The molecule has 1 aromatic rings. The number of methoxy groups -OCH3 is 1. The zero-order valence-electron chi connectivity index (χ0n) is 12.3. The van der Waals surface area contributed by atoms with E-state index in [-0.39, 0.29) is 5.69 Å². The van der Waals surface area contributed by atoms with Crippen LogP contribution in [0.1, 0.15) is 18.4 Å². The molecule has 0 spiro atoms. The Labute approximate surface area is 124 Å². The molecule has 0 aliphatic rings. The zero-order valence-corrected chi connectivity index (χ0v) is 12.3. The van der Waals surface area contributed by atoms with Crippen molar-refractivity contribution in [2.75, 3.05) is 26.9 Å². The Kier molecular flexibility index (Phi) is 8.08. The molecule has 0 fully saturated rings. The van der Waals surface area contributed by atoms with Crippen LogP contribution in [0.4, 0.5) is 5.69 Å². The van der Waals surface area contributed by atoms with Gasteiger partial charge in [0, 0.05) is 26.3 Å². The van der Waals surface area contributed by atoms with Gasteiger partial charge in [-0.15, -0.1) is 6.58 Å². The molecule has 0 amide bonds. The van der Waals surface area contributed by atoms with Crippen molar-refractivity contribution >= 4 is 5.69 Å². The molecule has 1 rings (SSSR count). The van der Waals surface area contributed by atoms with E-state index in [2.05, 4.69) is 11.9 Å². The Morgan fingerprint density at radius 2 is 2.24 bits per heavy atom. The van der Waals surface area contributed by atoms with Gasteiger partial charge < -0.3 is 14.8 Å². The molecule has 0 radical (unpaired) electrons. The van der Waals surface area contributed by atoms with Crippen molar-refractivity contribution in [3.8, 4) is 5.75 Å². The molecule has 6 nitrogen and oxygen atoms in total. The van der Waals surface area contributed by atoms with Gasteiger partial charge >= 0.3 is 5.69 Å². The topological polar surface area (TPSA) is 73.6 Å². The lowest BCUT2D eigenvalue weighted by Crippen LogP contribution is -2.18. The SMILES string of the molecule is C=CCCCOc1ccc(CNCCOC)cc1[N+](=O)[O-]. The Morgan fingerprint density at radius 1 is 1.43 bits per heavy atom. The molecule has 1 N–H and O–H groups in total. The summed E-state index contributed by atoms with van der Waals surface area (Å²) < 4.78 is 10.4. The van der Waals surface area contributed by atoms with Crippen LogP contribution in [-0.4, -0.2) is 31.8 Å². The molecular weight excluding hydrogens is 272 g/mol. The van der Waals surface area contributed by atoms with E-state index in [1.54, 1.807) is 25.3 Å². The Balaban J connectivity index is 2.63. The van der Waals surface area contributed by atoms with Crippen LogP contribution < -0.4 is 10.1 Å². The fourth-order valence-electron chi connectivity index (χ4n) is 1.75. The minimum atomic E-state index is -0.415. The van der Waals surface area contributed by atoms with Crippen LogP contribution in [0.5, 0.6) is 5.75 Å². The third-order valence-electron chi connectivity index (χ3n) is 2.84. The highest BCUT2D eigenvalue weighted by Gasteiger charge is 2.15. The van der Waals surface area contributed by atoms with Gasteiger partial charge in [0.25, 0.3) is 0 Å². The molecular formula is C15H22N2O4. The number of allylic oxidation sites excluding steroid dienone is 1. The molecule has 116 valence electrons. The smallest absolute Gasteiger partial charge is 0.311 e. The molecule has 0 atom stereocenters. The highest BCUT2D eigenvalue weighted by Crippen LogP contribution is 2.28. The first kappa shape index (κ1) is 17.1. The van der Waals surface area contributed by atoms with Gasteiger partial charge in [0.15, 0.2) is 5.75 Å². The fraction of sp³-hybridized carbons (Fsp3) is 0.467. The van der Waals surface area contributed by atoms with Crippen LogP contribution in [-0.2, 0) is 11.3 Å². The van der Waals surface area contributed by atoms with Crippen molar-refractivity contribution in [3.05, 3.63) is 46.5 Å². The molecule has 6 heteroatoms. The average molecular weight is 294 g/mol. The standard InChI is InChI=1S/C15H22N2O4/c1-3-4-5-9-21-15-7-6-13(11-14(15)17(18)19)12-16-8-10-20-2/h3,6-7,11,16H,1,4-5,8-10,12H2,2H3. The van der Waals surface area contributed by atoms with E-state index in [0.29, 0.717) is 32.1 Å². The third kappa shape index (κ3) is 6.37. The van der Waals surface area contributed by atoms with Crippen LogP contribution >= 0.6 is 0 Å². The monoisotopic (exact) mass is 294 g/mol. The average Bonchev–Trinajstić information content (AvgIpc) is 2.48. The number of hydrogen-bond acceptors (Lipinski definition) is 5. The van der Waals surface area contributed by atoms with E-state index in [0.717, 1.165) is 18.4 Å². The van der Waals surface area contributed by atoms with Crippen LogP contribution in [0.2, 0.25) is 0 Å². The number of hydrogen-bond donors (Lipinski definition) is 1. The molecule has 0 unspecified atom stereocenters. The van der Waals surface area contributed by atoms with E-state index >= 15 is 0 Å². The van der Waals surface area contributed by atoms with Gasteiger partial charge in [0.05, 0.1) is 18.1 Å². The quantitative estimate of drug-likeness (QED) is 0.294. The Hall–Kier alpha value is -1.92. The summed E-state index contributed by atoms with van der Waals surface area (Å²) in [4.78, 5) is 10.7. The lowest BCUT2D eigenvalue weighted by Gasteiger charge is -2.08. The summed E-state index contributed by atoms with van der Waals surface area (Å²) in [7, 11) is 1.63. The normalized spacial score (nSPS) is 10.3. The fourth-order valence-corrected chi connectivity index (χ4v) is 1.75. The van der Waals surface area contributed by atoms with E-state index in [9.17, 15) is 10.1 Å². The van der Waals surface area contributed by atoms with Gasteiger partial charge in [0.1, 0.15) is 0 Å². The van der Waals surface area contributed by atoms with Crippen molar-refractivity contribution in [3.63, 3.8) is 0 Å². The number of nitro groups is 1. The Bertz CT molecular complexity index is 463. The summed E-state index contributed by atoms with van der Waals surface area (Å²) in [5.74, 6) is 0.310. The first-order valence-corrected chi connectivity index (χ1v) is 6.89. The largest absolute Gasteiger partial charge is 0.487 e. The molecule has 0 saturated heterocycles. The molecule has 0 aliphatic carbocycles. The maximum absolute atomic E-state index is 11.1. The first-order valence-electron chi connectivity index (χ1n) is 6.89. The van der Waals surface area contributed by atoms with Crippen LogP contribution in [0, 0.1) is 10.1 Å². The Morgan fingerprint density at radius 3 is 2.90 bits per heavy atom. The first-order chi connectivity index (χ1) is 10.2. The van der Waals surface area contributed by atoms with E-state index < -0.39 is 4.92 Å². The van der Waals surface area contributed by atoms with E-state index in [1.165, 1.54) is 0 Å². The molecule has 0 aromatic heterocycles. The van der Waals surface area contributed by atoms with E-state index in [1.807, 2.05) is 6.07 Å². The number of benzene rings is 1. The van der Waals surface area contributed by atoms with Crippen molar-refractivity contribution < 1.29 is 14.4 Å². The number of nitrogens with one attached hydrogen (secondary N) is 1. The number of rotatable bonds is 11. The van der Waals surface area contributed by atoms with E-state index in [4.69, 9.17) is 9.47 Å². The number of nitro benzene ring substituents is 1. The highest BCUT2D eigenvalue weighted by atomic mass is 16.6. The summed E-state index contributed by atoms with van der Waals surface area (Å²) in [6.07, 6.45) is 3.42. The number of unbranched alkanes of at least 4 members (excludes halogenated alkanes) is 1. The van der Waals surface area contributed by atoms with Crippen LogP contribution in [0.25, 0.3) is 0 Å². The molecule has 21 heavy (non-hydrogen) atoms. The summed E-state index contributed by atoms with van der Waals surface area (Å²) in [5.41, 5.74) is 0.843. The summed E-state index contributed by atoms with van der Waals surface area (Å²) in [5, 5.41) is 14.3. The second-order valence-electron chi connectivity index (χ2n) is 4.51. The second-order valence-corrected chi connectivity index (χ2v) is 4.51. The van der Waals surface area contributed by atoms with Crippen molar-refractivity contribution in [1.82, 2.24) is 5.32 Å². The second kappa shape index (κ2) is 9.90. The summed E-state index contributed by atoms with van der Waals surface area (Å²) in [6, 6.07) is 5.03. The minimum Gasteiger partial charge on any atom is -0.487 e. The molecule has 0 aliphatic heterocycles. The number of ether oxygens (including phenoxy) is 2. The molecule has 0 bridgehead atoms. The minimum absolute atomic E-state index is 0.000329. The van der Waals surface area contributed by atoms with Crippen LogP contribution in [0.3, 0.4) is 0 Å². The number of nitrogens with zero attached hydrogens (tertiary/aromatic N) is 1. The predicted molar refractivity (Wildman–Crippen MR) is 81.6 cm³/mol. The lowest BCUT2D eigenvalue weighted by atomic mass is 10.2. The lowest BCUT2D eigenvalue weighted by molar-refractivity contribution is -0.385. The van der Waals surface area contributed by atoms with Gasteiger partial charge in [0.2, 0.25) is 0 Å². The van der Waals surface area contributed by atoms with Gasteiger partial charge in [-0.05, 0) is 24.5 Å². The highest BCUT2D eigenvalue weighted by molar-refractivity contribution is 5.48. The summed E-state index contributed by atoms with van der Waals surface area (Å²) in [6.45, 7) is 5.93. The van der Waals surface area contributed by atoms with Crippen molar-refractivity contribution in [1.29, 1.82) is 0 Å². The van der Waals surface area contributed by atoms with Gasteiger partial charge in [-0.3, -0.25) is 10.1 Å². The maximum Gasteiger partial charge on any atom is 0.311 e. The predicted octanol–water partition coefficient (Wildman–Crippen LogP) is 2.68. The van der Waals surface area contributed by atoms with Gasteiger partial charge in [-0.1, -0.05) is 12.1 Å². The molecule has 1 aromatic carbocycles. The maximum atomic E-state index is 11.1. The van der Waals surface area contributed by atoms with Gasteiger partial charge in [-0.2, -0.15) is 0 Å². The van der Waals surface area contributed by atoms with Crippen molar-refractivity contribution in [2.45, 2.75) is 19.4 Å². The summed E-state index contributed by atoms with van der Waals surface area (Å²) >= 11 is 0. The molecule has 0 saturated carbocycles. The zero-order chi connectivity index (χ0) is 15.5. The van der Waals surface area contributed by atoms with Gasteiger partial charge in [-0.25, -0.2) is 0 Å². The van der Waals surface area contributed by atoms with Crippen molar-refractivity contribution in [2.24, 2.45) is 0 Å². The molecule has 0 heterocycles.